The molecule has 1 heterocycles. The van der Waals surface area contributed by atoms with Gasteiger partial charge in [-0.3, -0.25) is 4.90 Å². The molecule has 0 bridgehead atoms. The van der Waals surface area contributed by atoms with Crippen LogP contribution in [0.3, 0.4) is 0 Å². The van der Waals surface area contributed by atoms with E-state index in [1.54, 1.807) is 0 Å². The van der Waals surface area contributed by atoms with Crippen LogP contribution in [0.2, 0.25) is 0 Å². The highest BCUT2D eigenvalue weighted by Gasteiger charge is 2.25. The lowest BCUT2D eigenvalue weighted by atomic mass is 9.82. The lowest BCUT2D eigenvalue weighted by Crippen LogP contribution is -2.36. The normalized spacial score (nSPS) is 18.4. The highest BCUT2D eigenvalue weighted by atomic mass is 16.2. The summed E-state index contributed by atoms with van der Waals surface area (Å²) in [5.41, 5.74) is 2.89. The van der Waals surface area contributed by atoms with Crippen LogP contribution in [0.15, 0.2) is 24.3 Å². The Bertz CT molecular complexity index is 486. The van der Waals surface area contributed by atoms with Gasteiger partial charge in [-0.1, -0.05) is 37.8 Å². The first kappa shape index (κ1) is 15.1. The van der Waals surface area contributed by atoms with Crippen LogP contribution in [0, 0.1) is 17.3 Å². The largest absolute Gasteiger partial charge is 0.395 e. The van der Waals surface area contributed by atoms with Gasteiger partial charge in [-0.25, -0.2) is 0 Å². The van der Waals surface area contributed by atoms with Gasteiger partial charge in [0.15, 0.2) is 0 Å². The molecule has 108 valence electrons. The van der Waals surface area contributed by atoms with E-state index in [0.717, 1.165) is 12.1 Å². The minimum atomic E-state index is 0.135. The summed E-state index contributed by atoms with van der Waals surface area (Å²) in [6.45, 7) is 8.26. The molecule has 20 heavy (non-hydrogen) atoms. The van der Waals surface area contributed by atoms with Gasteiger partial charge in [0.25, 0.3) is 0 Å². The van der Waals surface area contributed by atoms with E-state index in [9.17, 15) is 0 Å². The average Bonchev–Trinajstić information content (AvgIpc) is 2.42. The molecular formula is C18H25NO. The molecule has 1 N–H and O–H groups in total. The first-order valence-corrected chi connectivity index (χ1v) is 7.50. The Morgan fingerprint density at radius 3 is 2.70 bits per heavy atom. The van der Waals surface area contributed by atoms with Gasteiger partial charge in [0, 0.05) is 18.5 Å². The lowest BCUT2D eigenvalue weighted by molar-refractivity contribution is 0.127. The van der Waals surface area contributed by atoms with Crippen molar-refractivity contribution in [2.75, 3.05) is 19.7 Å². The topological polar surface area (TPSA) is 23.5 Å². The summed E-state index contributed by atoms with van der Waals surface area (Å²) in [5.74, 6) is 6.09. The molecule has 1 saturated heterocycles. The predicted octanol–water partition coefficient (Wildman–Crippen LogP) is 3.04. The second-order valence-electron chi connectivity index (χ2n) is 6.42. The second-order valence-corrected chi connectivity index (χ2v) is 6.42. The van der Waals surface area contributed by atoms with E-state index in [-0.39, 0.29) is 6.61 Å². The minimum Gasteiger partial charge on any atom is -0.395 e. The number of hydrogen-bond acceptors (Lipinski definition) is 2. The van der Waals surface area contributed by atoms with Gasteiger partial charge in [0.05, 0.1) is 6.61 Å². The molecule has 0 atom stereocenters. The van der Waals surface area contributed by atoms with Crippen molar-refractivity contribution in [3.63, 3.8) is 0 Å². The van der Waals surface area contributed by atoms with Gasteiger partial charge in [-0.15, -0.1) is 0 Å². The molecule has 1 aromatic rings. The van der Waals surface area contributed by atoms with Crippen molar-refractivity contribution in [3.8, 4) is 11.8 Å². The van der Waals surface area contributed by atoms with Crippen molar-refractivity contribution >= 4 is 0 Å². The molecule has 2 rings (SSSR count). The first-order valence-electron chi connectivity index (χ1n) is 7.50. The standard InChI is InChI=1S/C18H25NO/c1-18(2)9-11-19(12-10-18)15-17-8-5-7-16(14-17)6-3-4-13-20/h5,7-8,14,20H,4,9-13,15H2,1-2H3. The molecule has 2 heteroatoms. The maximum absolute atomic E-state index is 8.75. The molecule has 0 amide bonds. The van der Waals surface area contributed by atoms with Crippen LogP contribution in [-0.2, 0) is 6.54 Å². The summed E-state index contributed by atoms with van der Waals surface area (Å²) in [6, 6.07) is 8.46. The average molecular weight is 271 g/mol. The van der Waals surface area contributed by atoms with Gasteiger partial charge in [-0.2, -0.15) is 0 Å². The highest BCUT2D eigenvalue weighted by Crippen LogP contribution is 2.30. The van der Waals surface area contributed by atoms with Crippen molar-refractivity contribution in [2.45, 2.75) is 39.7 Å². The number of piperidine rings is 1. The number of likely N-dealkylation sites (tertiary alicyclic amines) is 1. The van der Waals surface area contributed by atoms with E-state index in [2.05, 4.69) is 48.8 Å². The number of aliphatic hydroxyl groups is 1. The van der Waals surface area contributed by atoms with Gasteiger partial charge in [0.1, 0.15) is 0 Å². The van der Waals surface area contributed by atoms with E-state index in [1.807, 2.05) is 6.07 Å². The second kappa shape index (κ2) is 6.92. The fraction of sp³-hybridized carbons (Fsp3) is 0.556. The van der Waals surface area contributed by atoms with Crippen LogP contribution < -0.4 is 0 Å². The van der Waals surface area contributed by atoms with Gasteiger partial charge < -0.3 is 5.11 Å². The zero-order chi connectivity index (χ0) is 14.4. The van der Waals surface area contributed by atoms with Crippen molar-refractivity contribution < 1.29 is 5.11 Å². The zero-order valence-electron chi connectivity index (χ0n) is 12.7. The van der Waals surface area contributed by atoms with E-state index >= 15 is 0 Å². The fourth-order valence-corrected chi connectivity index (χ4v) is 2.54. The van der Waals surface area contributed by atoms with E-state index in [4.69, 9.17) is 5.11 Å². The van der Waals surface area contributed by atoms with Crippen LogP contribution >= 0.6 is 0 Å². The van der Waals surface area contributed by atoms with E-state index < -0.39 is 0 Å². The first-order chi connectivity index (χ1) is 9.59. The van der Waals surface area contributed by atoms with Crippen molar-refractivity contribution in [3.05, 3.63) is 35.4 Å². The molecule has 1 aromatic carbocycles. The molecule has 1 aliphatic heterocycles. The maximum Gasteiger partial charge on any atom is 0.0540 e. The highest BCUT2D eigenvalue weighted by molar-refractivity contribution is 5.37. The SMILES string of the molecule is CC1(C)CCN(Cc2cccc(C#CCCO)c2)CC1. The third-order valence-electron chi connectivity index (χ3n) is 4.01. The number of hydrogen-bond donors (Lipinski definition) is 1. The van der Waals surface area contributed by atoms with Crippen LogP contribution in [-0.4, -0.2) is 29.7 Å². The Balaban J connectivity index is 1.94. The quantitative estimate of drug-likeness (QED) is 0.854. The van der Waals surface area contributed by atoms with E-state index in [0.29, 0.717) is 11.8 Å². The van der Waals surface area contributed by atoms with Gasteiger partial charge in [0.2, 0.25) is 0 Å². The summed E-state index contributed by atoms with van der Waals surface area (Å²) >= 11 is 0. The molecule has 0 aromatic heterocycles. The Morgan fingerprint density at radius 1 is 1.25 bits per heavy atom. The van der Waals surface area contributed by atoms with Crippen molar-refractivity contribution in [1.82, 2.24) is 4.90 Å². The van der Waals surface area contributed by atoms with Gasteiger partial charge >= 0.3 is 0 Å². The molecule has 2 nitrogen and oxygen atoms in total. The molecule has 0 aliphatic carbocycles. The lowest BCUT2D eigenvalue weighted by Gasteiger charge is -2.36. The summed E-state index contributed by atoms with van der Waals surface area (Å²) in [5, 5.41) is 8.75. The van der Waals surface area contributed by atoms with Crippen LogP contribution in [0.1, 0.15) is 44.2 Å². The predicted molar refractivity (Wildman–Crippen MR) is 83.3 cm³/mol. The summed E-state index contributed by atoms with van der Waals surface area (Å²) in [4.78, 5) is 2.53. The fourth-order valence-electron chi connectivity index (χ4n) is 2.54. The van der Waals surface area contributed by atoms with Crippen molar-refractivity contribution in [1.29, 1.82) is 0 Å². The molecular weight excluding hydrogens is 246 g/mol. The molecule has 0 saturated carbocycles. The summed E-state index contributed by atoms with van der Waals surface area (Å²) in [7, 11) is 0. The van der Waals surface area contributed by atoms with Gasteiger partial charge in [-0.05, 0) is 49.0 Å². The Kier molecular flexibility index (Phi) is 5.23. The van der Waals surface area contributed by atoms with E-state index in [1.165, 1.54) is 31.5 Å². The minimum absolute atomic E-state index is 0.135. The zero-order valence-corrected chi connectivity index (χ0v) is 12.7. The molecule has 0 spiro atoms. The Labute approximate surface area is 122 Å². The van der Waals surface area contributed by atoms with Crippen LogP contribution in [0.25, 0.3) is 0 Å². The van der Waals surface area contributed by atoms with Crippen LogP contribution in [0.4, 0.5) is 0 Å². The molecule has 1 fully saturated rings. The smallest absolute Gasteiger partial charge is 0.0540 e. The number of rotatable bonds is 3. The third-order valence-corrected chi connectivity index (χ3v) is 4.01. The molecule has 0 radical (unpaired) electrons. The summed E-state index contributed by atoms with van der Waals surface area (Å²) in [6.07, 6.45) is 3.11. The Hall–Kier alpha value is -1.30. The molecule has 1 aliphatic rings. The molecule has 0 unspecified atom stereocenters. The number of nitrogens with zero attached hydrogens (tertiary/aromatic N) is 1. The monoisotopic (exact) mass is 271 g/mol. The Morgan fingerprint density at radius 2 is 2.00 bits per heavy atom. The third kappa shape index (κ3) is 4.67. The number of aliphatic hydroxyl groups excluding tert-OH is 1. The van der Waals surface area contributed by atoms with Crippen molar-refractivity contribution in [2.24, 2.45) is 5.41 Å². The maximum atomic E-state index is 8.75. The summed E-state index contributed by atoms with van der Waals surface area (Å²) < 4.78 is 0. The van der Waals surface area contributed by atoms with Crippen LogP contribution in [0.5, 0.6) is 0 Å². The number of benzene rings is 1.